The van der Waals surface area contributed by atoms with E-state index in [1.165, 1.54) is 23.1 Å². The fourth-order valence-corrected chi connectivity index (χ4v) is 3.83. The van der Waals surface area contributed by atoms with Gasteiger partial charge in [0.1, 0.15) is 5.75 Å². The SMILES string of the molecule is O=C(CSc1nnc(NC(=O)COc2ccc(Cl)cc2)s1)Nc1ccc(Cl)cc1. The number of benzene rings is 2. The van der Waals surface area contributed by atoms with Crippen molar-refractivity contribution < 1.29 is 14.3 Å². The maximum absolute atomic E-state index is 12.0. The van der Waals surface area contributed by atoms with Crippen molar-refractivity contribution in [2.75, 3.05) is 23.0 Å². The first-order valence-corrected chi connectivity index (χ1v) is 10.7. The van der Waals surface area contributed by atoms with E-state index in [0.717, 1.165) is 0 Å². The van der Waals surface area contributed by atoms with Crippen LogP contribution in [0.25, 0.3) is 0 Å². The van der Waals surface area contributed by atoms with Gasteiger partial charge < -0.3 is 10.1 Å². The van der Waals surface area contributed by atoms with Gasteiger partial charge >= 0.3 is 0 Å². The molecule has 0 unspecified atom stereocenters. The van der Waals surface area contributed by atoms with Crippen molar-refractivity contribution >= 4 is 68.9 Å². The number of carbonyl (C=O) groups is 2. The average molecular weight is 469 g/mol. The first kappa shape index (κ1) is 21.4. The molecule has 150 valence electrons. The lowest BCUT2D eigenvalue weighted by atomic mass is 10.3. The van der Waals surface area contributed by atoms with Crippen LogP contribution in [0, 0.1) is 0 Å². The van der Waals surface area contributed by atoms with E-state index in [0.29, 0.717) is 31.0 Å². The zero-order valence-corrected chi connectivity index (χ0v) is 17.9. The zero-order chi connectivity index (χ0) is 20.6. The topological polar surface area (TPSA) is 93.2 Å². The van der Waals surface area contributed by atoms with Crippen molar-refractivity contribution in [2.24, 2.45) is 0 Å². The van der Waals surface area contributed by atoms with E-state index < -0.39 is 0 Å². The molecule has 3 rings (SSSR count). The molecule has 0 bridgehead atoms. The summed E-state index contributed by atoms with van der Waals surface area (Å²) in [5.41, 5.74) is 0.658. The van der Waals surface area contributed by atoms with E-state index in [1.807, 2.05) is 0 Å². The Bertz CT molecular complexity index is 982. The van der Waals surface area contributed by atoms with E-state index in [4.69, 9.17) is 27.9 Å². The van der Waals surface area contributed by atoms with Crippen molar-refractivity contribution in [3.05, 3.63) is 58.6 Å². The van der Waals surface area contributed by atoms with E-state index >= 15 is 0 Å². The highest BCUT2D eigenvalue weighted by molar-refractivity contribution is 8.01. The first-order valence-electron chi connectivity index (χ1n) is 8.18. The summed E-state index contributed by atoms with van der Waals surface area (Å²) in [6, 6.07) is 13.5. The summed E-state index contributed by atoms with van der Waals surface area (Å²) >= 11 is 14.0. The quantitative estimate of drug-likeness (QED) is 0.370. The molecular weight excluding hydrogens is 455 g/mol. The van der Waals surface area contributed by atoms with Gasteiger partial charge in [-0.05, 0) is 48.5 Å². The van der Waals surface area contributed by atoms with Crippen LogP contribution in [-0.2, 0) is 9.59 Å². The molecule has 0 aliphatic heterocycles. The normalized spacial score (nSPS) is 10.4. The lowest BCUT2D eigenvalue weighted by molar-refractivity contribution is -0.118. The molecule has 0 saturated carbocycles. The summed E-state index contributed by atoms with van der Waals surface area (Å²) in [5, 5.41) is 14.7. The Morgan fingerprint density at radius 2 is 1.59 bits per heavy atom. The molecule has 29 heavy (non-hydrogen) atoms. The summed E-state index contributed by atoms with van der Waals surface area (Å²) in [6.45, 7) is -0.173. The van der Waals surface area contributed by atoms with E-state index in [2.05, 4.69) is 20.8 Å². The minimum absolute atomic E-state index is 0.158. The van der Waals surface area contributed by atoms with Gasteiger partial charge in [-0.3, -0.25) is 14.9 Å². The van der Waals surface area contributed by atoms with Crippen LogP contribution in [0.3, 0.4) is 0 Å². The minimum Gasteiger partial charge on any atom is -0.484 e. The predicted molar refractivity (Wildman–Crippen MR) is 116 cm³/mol. The van der Waals surface area contributed by atoms with Gasteiger partial charge in [0.2, 0.25) is 11.0 Å². The van der Waals surface area contributed by atoms with Gasteiger partial charge in [0.15, 0.2) is 10.9 Å². The predicted octanol–water partition coefficient (Wildman–Crippen LogP) is 4.59. The zero-order valence-electron chi connectivity index (χ0n) is 14.7. The Morgan fingerprint density at radius 1 is 0.931 bits per heavy atom. The van der Waals surface area contributed by atoms with Gasteiger partial charge in [-0.25, -0.2) is 0 Å². The molecule has 0 aliphatic carbocycles. The third kappa shape index (κ3) is 7.21. The van der Waals surface area contributed by atoms with Crippen molar-refractivity contribution in [3.8, 4) is 5.75 Å². The Labute approximate surface area is 184 Å². The number of nitrogens with zero attached hydrogens (tertiary/aromatic N) is 2. The number of nitrogens with one attached hydrogen (secondary N) is 2. The Hall–Kier alpha value is -2.33. The number of rotatable bonds is 8. The van der Waals surface area contributed by atoms with Crippen LogP contribution in [-0.4, -0.2) is 34.4 Å². The Kier molecular flexibility index (Phi) is 7.70. The van der Waals surface area contributed by atoms with Gasteiger partial charge in [0.05, 0.1) is 5.75 Å². The number of thioether (sulfide) groups is 1. The Morgan fingerprint density at radius 3 is 2.28 bits per heavy atom. The number of carbonyl (C=O) groups excluding carboxylic acids is 2. The molecule has 11 heteroatoms. The molecule has 2 N–H and O–H groups in total. The molecule has 0 radical (unpaired) electrons. The molecule has 2 aromatic carbocycles. The number of hydrogen-bond donors (Lipinski definition) is 2. The molecule has 7 nitrogen and oxygen atoms in total. The lowest BCUT2D eigenvalue weighted by Gasteiger charge is -2.05. The molecule has 1 aromatic heterocycles. The van der Waals surface area contributed by atoms with Gasteiger partial charge in [-0.2, -0.15) is 0 Å². The number of halogens is 2. The monoisotopic (exact) mass is 468 g/mol. The molecular formula is C18H14Cl2N4O3S2. The number of anilines is 2. The van der Waals surface area contributed by atoms with Crippen molar-refractivity contribution in [3.63, 3.8) is 0 Å². The highest BCUT2D eigenvalue weighted by Crippen LogP contribution is 2.25. The van der Waals surface area contributed by atoms with Crippen LogP contribution < -0.4 is 15.4 Å². The van der Waals surface area contributed by atoms with E-state index in [9.17, 15) is 9.59 Å². The van der Waals surface area contributed by atoms with Crippen molar-refractivity contribution in [1.29, 1.82) is 0 Å². The van der Waals surface area contributed by atoms with Crippen LogP contribution in [0.15, 0.2) is 52.9 Å². The molecule has 3 aromatic rings. The maximum Gasteiger partial charge on any atom is 0.264 e. The van der Waals surface area contributed by atoms with Crippen LogP contribution >= 0.6 is 46.3 Å². The van der Waals surface area contributed by atoms with Gasteiger partial charge in [-0.1, -0.05) is 46.3 Å². The second kappa shape index (κ2) is 10.4. The minimum atomic E-state index is -0.367. The maximum atomic E-state index is 12.0. The summed E-state index contributed by atoms with van der Waals surface area (Å²) in [7, 11) is 0. The average Bonchev–Trinajstić information content (AvgIpc) is 3.15. The summed E-state index contributed by atoms with van der Waals surface area (Å²) in [4.78, 5) is 23.9. The summed E-state index contributed by atoms with van der Waals surface area (Å²) in [5.74, 6) is 0.137. The molecule has 0 atom stereocenters. The van der Waals surface area contributed by atoms with Gasteiger partial charge in [-0.15, -0.1) is 10.2 Å². The second-order valence-electron chi connectivity index (χ2n) is 5.51. The Balaban J connectivity index is 1.41. The standard InChI is InChI=1S/C18H14Cl2N4O3S2/c19-11-1-5-13(6-2-11)21-16(26)10-28-18-24-23-17(29-18)22-15(25)9-27-14-7-3-12(20)4-8-14/h1-8H,9-10H2,(H,21,26)(H,22,23,25). The number of hydrogen-bond acceptors (Lipinski definition) is 7. The third-order valence-corrected chi connectivity index (χ3v) is 5.77. The third-order valence-electron chi connectivity index (χ3n) is 3.29. The van der Waals surface area contributed by atoms with Crippen LogP contribution in [0.2, 0.25) is 10.0 Å². The molecule has 1 heterocycles. The van der Waals surface area contributed by atoms with Crippen LogP contribution in [0.5, 0.6) is 5.75 Å². The fraction of sp³-hybridized carbons (Fsp3) is 0.111. The number of ether oxygens (including phenoxy) is 1. The highest BCUT2D eigenvalue weighted by atomic mass is 35.5. The van der Waals surface area contributed by atoms with Crippen LogP contribution in [0.4, 0.5) is 10.8 Å². The molecule has 0 fully saturated rings. The smallest absolute Gasteiger partial charge is 0.264 e. The molecule has 0 spiro atoms. The van der Waals surface area contributed by atoms with E-state index in [1.54, 1.807) is 48.5 Å². The van der Waals surface area contributed by atoms with Crippen molar-refractivity contribution in [2.45, 2.75) is 4.34 Å². The number of aromatic nitrogens is 2. The summed E-state index contributed by atoms with van der Waals surface area (Å²) < 4.78 is 5.92. The van der Waals surface area contributed by atoms with Crippen LogP contribution in [0.1, 0.15) is 0 Å². The van der Waals surface area contributed by atoms with Crippen molar-refractivity contribution in [1.82, 2.24) is 10.2 Å². The summed E-state index contributed by atoms with van der Waals surface area (Å²) in [6.07, 6.45) is 0. The number of amides is 2. The largest absolute Gasteiger partial charge is 0.484 e. The van der Waals surface area contributed by atoms with Gasteiger partial charge in [0, 0.05) is 15.7 Å². The first-order chi connectivity index (χ1) is 14.0. The molecule has 2 amide bonds. The highest BCUT2D eigenvalue weighted by Gasteiger charge is 2.11. The molecule has 0 saturated heterocycles. The second-order valence-corrected chi connectivity index (χ2v) is 8.58. The lowest BCUT2D eigenvalue weighted by Crippen LogP contribution is -2.20. The molecule has 0 aliphatic rings. The van der Waals surface area contributed by atoms with E-state index in [-0.39, 0.29) is 24.2 Å². The fourth-order valence-electron chi connectivity index (χ4n) is 2.01. The van der Waals surface area contributed by atoms with Gasteiger partial charge in [0.25, 0.3) is 5.91 Å².